The molecule has 2 aromatic heterocycles. The second kappa shape index (κ2) is 9.43. The van der Waals surface area contributed by atoms with Gasteiger partial charge in [0.1, 0.15) is 5.76 Å². The Morgan fingerprint density at radius 2 is 2.03 bits per heavy atom. The number of ether oxygens (including phenoxy) is 1. The highest BCUT2D eigenvalue weighted by molar-refractivity contribution is 5.73. The highest BCUT2D eigenvalue weighted by atomic mass is 19.4. The summed E-state index contributed by atoms with van der Waals surface area (Å²) >= 11 is 0. The van der Waals surface area contributed by atoms with Crippen LogP contribution in [0.25, 0.3) is 0 Å². The molecule has 2 fully saturated rings. The number of fused-ring (bicyclic) bond motifs is 1. The minimum atomic E-state index is -5.08. The first-order valence-corrected chi connectivity index (χ1v) is 9.45. The molecule has 0 radical (unpaired) electrons. The predicted octanol–water partition coefficient (Wildman–Crippen LogP) is 2.57. The highest BCUT2D eigenvalue weighted by Crippen LogP contribution is 2.33. The maximum absolute atomic E-state index is 10.6. The van der Waals surface area contributed by atoms with Crippen molar-refractivity contribution in [1.29, 1.82) is 0 Å². The fraction of sp³-hybridized carbons (Fsp3) is 0.526. The average Bonchev–Trinajstić information content (AvgIpc) is 3.36. The van der Waals surface area contributed by atoms with Crippen LogP contribution in [0.4, 0.5) is 19.1 Å². The first kappa shape index (κ1) is 22.0. The zero-order valence-corrected chi connectivity index (χ0v) is 16.3. The van der Waals surface area contributed by atoms with Gasteiger partial charge in [-0.1, -0.05) is 0 Å². The van der Waals surface area contributed by atoms with Crippen molar-refractivity contribution in [2.75, 3.05) is 25.1 Å². The van der Waals surface area contributed by atoms with Crippen molar-refractivity contribution in [1.82, 2.24) is 14.9 Å². The van der Waals surface area contributed by atoms with Crippen LogP contribution >= 0.6 is 0 Å². The predicted molar refractivity (Wildman–Crippen MR) is 99.8 cm³/mol. The van der Waals surface area contributed by atoms with Gasteiger partial charge in [0.25, 0.3) is 0 Å². The maximum atomic E-state index is 10.6. The molecule has 0 spiro atoms. The number of alkyl halides is 3. The van der Waals surface area contributed by atoms with Crippen LogP contribution in [-0.4, -0.2) is 70.5 Å². The molecule has 11 heteroatoms. The number of halogens is 3. The van der Waals surface area contributed by atoms with Gasteiger partial charge in [0.2, 0.25) is 5.95 Å². The summed E-state index contributed by atoms with van der Waals surface area (Å²) in [5, 5.41) is 7.12. The molecule has 2 aliphatic rings. The van der Waals surface area contributed by atoms with E-state index in [0.29, 0.717) is 12.1 Å². The molecule has 2 aromatic rings. The number of hydrogen-bond donors (Lipinski definition) is 1. The van der Waals surface area contributed by atoms with Crippen LogP contribution in [0.2, 0.25) is 0 Å². The lowest BCUT2D eigenvalue weighted by Crippen LogP contribution is -2.46. The first-order valence-electron chi connectivity index (χ1n) is 9.45. The topological polar surface area (TPSA) is 91.9 Å². The van der Waals surface area contributed by atoms with Crippen molar-refractivity contribution in [3.05, 3.63) is 42.6 Å². The Morgan fingerprint density at radius 1 is 1.33 bits per heavy atom. The second-order valence-corrected chi connectivity index (χ2v) is 7.11. The van der Waals surface area contributed by atoms with Crippen LogP contribution in [0, 0.1) is 0 Å². The lowest BCUT2D eigenvalue weighted by molar-refractivity contribution is -0.192. The number of aromatic nitrogens is 2. The molecule has 4 heterocycles. The number of nitrogens with zero attached hydrogens (tertiary/aromatic N) is 4. The van der Waals surface area contributed by atoms with E-state index < -0.39 is 12.1 Å². The second-order valence-electron chi connectivity index (χ2n) is 7.11. The van der Waals surface area contributed by atoms with Gasteiger partial charge in [0.05, 0.1) is 31.0 Å². The quantitative estimate of drug-likeness (QED) is 0.795. The van der Waals surface area contributed by atoms with Crippen LogP contribution in [0.15, 0.2) is 41.3 Å². The summed E-state index contributed by atoms with van der Waals surface area (Å²) in [5.74, 6) is -0.969. The average molecular weight is 428 g/mol. The van der Waals surface area contributed by atoms with Gasteiger partial charge in [-0.05, 0) is 38.1 Å². The smallest absolute Gasteiger partial charge is 0.475 e. The summed E-state index contributed by atoms with van der Waals surface area (Å²) in [4.78, 5) is 22.4. The Bertz CT molecular complexity index is 804. The summed E-state index contributed by atoms with van der Waals surface area (Å²) < 4.78 is 43.4. The lowest BCUT2D eigenvalue weighted by Gasteiger charge is -2.34. The molecule has 2 aliphatic heterocycles. The molecule has 0 amide bonds. The van der Waals surface area contributed by atoms with E-state index in [2.05, 4.69) is 26.8 Å². The van der Waals surface area contributed by atoms with E-state index >= 15 is 0 Å². The SMILES string of the molecule is CN(Cc1ccco1)[C@@H]1CN(c2ncccn2)[C@@H]2CCCO[C@H]12.O=C(O)C(F)(F)F. The van der Waals surface area contributed by atoms with E-state index in [9.17, 15) is 13.2 Å². The molecule has 3 atom stereocenters. The number of likely N-dealkylation sites (N-methyl/N-ethyl adjacent to an activating group) is 1. The van der Waals surface area contributed by atoms with Gasteiger partial charge >= 0.3 is 12.1 Å². The summed E-state index contributed by atoms with van der Waals surface area (Å²) in [7, 11) is 2.14. The molecule has 0 saturated carbocycles. The number of carbonyl (C=O) groups is 1. The Balaban J connectivity index is 0.000000318. The summed E-state index contributed by atoms with van der Waals surface area (Å²) in [6.07, 6.45) is 2.68. The number of rotatable bonds is 4. The molecule has 1 N–H and O–H groups in total. The van der Waals surface area contributed by atoms with Crippen LogP contribution in [0.3, 0.4) is 0 Å². The molecule has 30 heavy (non-hydrogen) atoms. The van der Waals surface area contributed by atoms with Crippen molar-refractivity contribution >= 4 is 11.9 Å². The monoisotopic (exact) mass is 428 g/mol. The summed E-state index contributed by atoms with van der Waals surface area (Å²) in [6.45, 7) is 2.51. The van der Waals surface area contributed by atoms with Crippen LogP contribution in [0.5, 0.6) is 0 Å². The van der Waals surface area contributed by atoms with E-state index in [1.54, 1.807) is 18.7 Å². The molecule has 0 bridgehead atoms. The van der Waals surface area contributed by atoms with Gasteiger partial charge < -0.3 is 19.2 Å². The number of hydrogen-bond acceptors (Lipinski definition) is 7. The van der Waals surface area contributed by atoms with E-state index in [1.807, 2.05) is 18.2 Å². The molecule has 8 nitrogen and oxygen atoms in total. The van der Waals surface area contributed by atoms with Crippen molar-refractivity contribution in [2.45, 2.75) is 43.8 Å². The Kier molecular flexibility index (Phi) is 6.93. The number of carboxylic acids is 1. The van der Waals surface area contributed by atoms with Crippen molar-refractivity contribution in [2.24, 2.45) is 0 Å². The van der Waals surface area contributed by atoms with Crippen molar-refractivity contribution in [3.8, 4) is 0 Å². The highest BCUT2D eigenvalue weighted by Gasteiger charge is 2.46. The number of carboxylic acid groups (broad SMARTS) is 1. The zero-order chi connectivity index (χ0) is 21.7. The summed E-state index contributed by atoms with van der Waals surface area (Å²) in [6, 6.07) is 6.48. The third kappa shape index (κ3) is 5.28. The van der Waals surface area contributed by atoms with Gasteiger partial charge in [0, 0.05) is 25.5 Å². The maximum Gasteiger partial charge on any atom is 0.490 e. The molecular formula is C19H23F3N4O4. The first-order chi connectivity index (χ1) is 14.3. The van der Waals surface area contributed by atoms with Gasteiger partial charge in [0.15, 0.2) is 0 Å². The van der Waals surface area contributed by atoms with Crippen molar-refractivity contribution < 1.29 is 32.2 Å². The van der Waals surface area contributed by atoms with E-state index in [-0.39, 0.29) is 6.10 Å². The van der Waals surface area contributed by atoms with E-state index in [4.69, 9.17) is 19.1 Å². The fourth-order valence-corrected chi connectivity index (χ4v) is 3.75. The zero-order valence-electron chi connectivity index (χ0n) is 16.3. The minimum Gasteiger partial charge on any atom is -0.475 e. The number of furan rings is 1. The van der Waals surface area contributed by atoms with Gasteiger partial charge in [-0.15, -0.1) is 0 Å². The molecule has 164 valence electrons. The fourth-order valence-electron chi connectivity index (χ4n) is 3.75. The normalized spacial score (nSPS) is 23.6. The molecular weight excluding hydrogens is 405 g/mol. The Morgan fingerprint density at radius 3 is 2.63 bits per heavy atom. The van der Waals surface area contributed by atoms with Gasteiger partial charge in [-0.2, -0.15) is 13.2 Å². The standard InChI is InChI=1S/C17H22N4O2.C2HF3O2/c1-20(11-13-5-2-9-22-13)15-12-21(17-18-7-4-8-19-17)14-6-3-10-23-16(14)15;3-2(4,5)1(6)7/h2,4-5,7-9,14-16H,3,6,10-12H2,1H3;(H,6,7)/t14-,15-,16+;/m1./s1. The third-order valence-electron chi connectivity index (χ3n) is 5.10. The Labute approximate surface area is 171 Å². The number of anilines is 1. The van der Waals surface area contributed by atoms with Crippen molar-refractivity contribution in [3.63, 3.8) is 0 Å². The van der Waals surface area contributed by atoms with E-state index in [1.165, 1.54) is 0 Å². The third-order valence-corrected chi connectivity index (χ3v) is 5.10. The van der Waals surface area contributed by atoms with Crippen LogP contribution in [0.1, 0.15) is 18.6 Å². The van der Waals surface area contributed by atoms with Crippen LogP contribution < -0.4 is 4.90 Å². The number of aliphatic carboxylic acids is 1. The van der Waals surface area contributed by atoms with E-state index in [0.717, 1.165) is 44.2 Å². The molecule has 0 aliphatic carbocycles. The van der Waals surface area contributed by atoms with Crippen LogP contribution in [-0.2, 0) is 16.1 Å². The molecule has 0 aromatic carbocycles. The summed E-state index contributed by atoms with van der Waals surface area (Å²) in [5.41, 5.74) is 0. The lowest BCUT2D eigenvalue weighted by atomic mass is 10.0. The minimum absolute atomic E-state index is 0.201. The van der Waals surface area contributed by atoms with Gasteiger partial charge in [-0.3, -0.25) is 4.90 Å². The molecule has 0 unspecified atom stereocenters. The largest absolute Gasteiger partial charge is 0.490 e. The molecule has 2 saturated heterocycles. The van der Waals surface area contributed by atoms with Gasteiger partial charge in [-0.25, -0.2) is 14.8 Å². The molecule has 4 rings (SSSR count). The Hall–Kier alpha value is -2.66.